The molecule has 0 atom stereocenters. The quantitative estimate of drug-likeness (QED) is 0.397. The number of rotatable bonds is 10. The molecule has 0 aliphatic rings. The Morgan fingerprint density at radius 3 is 1.50 bits per heavy atom. The second-order valence-electron chi connectivity index (χ2n) is 6.06. The molecule has 0 unspecified atom stereocenters. The van der Waals surface area contributed by atoms with Gasteiger partial charge in [-0.3, -0.25) is 0 Å². The maximum absolute atomic E-state index is 2.38. The topological polar surface area (TPSA) is 0 Å². The highest BCUT2D eigenvalue weighted by Crippen LogP contribution is 2.26. The zero-order valence-corrected chi connectivity index (χ0v) is 12.4. The Morgan fingerprint density at radius 1 is 0.625 bits per heavy atom. The smallest absolute Gasteiger partial charge is 0.0368 e. The van der Waals surface area contributed by atoms with Crippen LogP contribution in [0, 0.1) is 17.8 Å². The molecule has 0 aromatic heterocycles. The average molecular weight is 226 g/mol. The second kappa shape index (κ2) is 10.2. The molecule has 0 amide bonds. The van der Waals surface area contributed by atoms with Gasteiger partial charge in [-0.25, -0.2) is 0 Å². The normalized spacial score (nSPS) is 12.0. The summed E-state index contributed by atoms with van der Waals surface area (Å²) in [5.41, 5.74) is 0. The van der Waals surface area contributed by atoms with E-state index >= 15 is 0 Å². The monoisotopic (exact) mass is 226 g/mol. The number of hydrogen-bond acceptors (Lipinski definition) is 0. The first kappa shape index (κ1) is 16.0. The van der Waals surface area contributed by atoms with E-state index in [0.29, 0.717) is 0 Å². The molecule has 0 fully saturated rings. The third-order valence-corrected chi connectivity index (χ3v) is 3.85. The van der Waals surface area contributed by atoms with E-state index in [1.807, 2.05) is 0 Å². The standard InChI is InChI=1S/C16H34/c1-6-7-8-9-10-11-12-13-16(14(2)3)15(4)5/h14-16H,6-13H2,1-5H3. The maximum atomic E-state index is 2.38. The lowest BCUT2D eigenvalue weighted by Crippen LogP contribution is -2.15. The summed E-state index contributed by atoms with van der Waals surface area (Å²) in [6.07, 6.45) is 11.5. The van der Waals surface area contributed by atoms with Crippen LogP contribution in [0.4, 0.5) is 0 Å². The fourth-order valence-corrected chi connectivity index (χ4v) is 2.77. The molecule has 0 bridgehead atoms. The van der Waals surface area contributed by atoms with Crippen LogP contribution < -0.4 is 0 Å². The summed E-state index contributed by atoms with van der Waals surface area (Å²) in [6, 6.07) is 0. The predicted octanol–water partition coefficient (Wildman–Crippen LogP) is 6.06. The highest BCUT2D eigenvalue weighted by molar-refractivity contribution is 4.66. The molecule has 0 heteroatoms. The van der Waals surface area contributed by atoms with Gasteiger partial charge < -0.3 is 0 Å². The van der Waals surface area contributed by atoms with Gasteiger partial charge in [0.25, 0.3) is 0 Å². The molecule has 0 aromatic carbocycles. The zero-order chi connectivity index (χ0) is 12.4. The third-order valence-electron chi connectivity index (χ3n) is 3.85. The molecular formula is C16H34. The Morgan fingerprint density at radius 2 is 1.06 bits per heavy atom. The first-order valence-electron chi connectivity index (χ1n) is 7.59. The predicted molar refractivity (Wildman–Crippen MR) is 75.8 cm³/mol. The molecule has 0 aliphatic heterocycles. The minimum atomic E-state index is 0.861. The Balaban J connectivity index is 3.41. The molecule has 98 valence electrons. The summed E-state index contributed by atoms with van der Waals surface area (Å²) in [6.45, 7) is 11.8. The summed E-state index contributed by atoms with van der Waals surface area (Å²) in [4.78, 5) is 0. The first-order valence-corrected chi connectivity index (χ1v) is 7.59. The van der Waals surface area contributed by atoms with Crippen LogP contribution >= 0.6 is 0 Å². The molecule has 0 heterocycles. The van der Waals surface area contributed by atoms with Crippen molar-refractivity contribution >= 4 is 0 Å². The Labute approximate surface area is 104 Å². The van der Waals surface area contributed by atoms with Crippen molar-refractivity contribution < 1.29 is 0 Å². The third kappa shape index (κ3) is 8.19. The van der Waals surface area contributed by atoms with E-state index in [4.69, 9.17) is 0 Å². The van der Waals surface area contributed by atoms with E-state index in [9.17, 15) is 0 Å². The van der Waals surface area contributed by atoms with Gasteiger partial charge >= 0.3 is 0 Å². The van der Waals surface area contributed by atoms with Crippen LogP contribution in [-0.4, -0.2) is 0 Å². The van der Waals surface area contributed by atoms with Gasteiger partial charge in [-0.2, -0.15) is 0 Å². The summed E-state index contributed by atoms with van der Waals surface area (Å²) in [5.74, 6) is 2.66. The van der Waals surface area contributed by atoms with Crippen molar-refractivity contribution in [3.8, 4) is 0 Å². The molecule has 0 rings (SSSR count). The summed E-state index contributed by atoms with van der Waals surface area (Å²) >= 11 is 0. The minimum Gasteiger partial charge on any atom is -0.0654 e. The molecule has 0 aromatic rings. The molecule has 16 heavy (non-hydrogen) atoms. The molecule has 0 aliphatic carbocycles. The van der Waals surface area contributed by atoms with Crippen molar-refractivity contribution in [1.29, 1.82) is 0 Å². The van der Waals surface area contributed by atoms with Crippen LogP contribution in [0.25, 0.3) is 0 Å². The lowest BCUT2D eigenvalue weighted by molar-refractivity contribution is 0.261. The Bertz CT molecular complexity index is 127. The highest BCUT2D eigenvalue weighted by Gasteiger charge is 2.16. The largest absolute Gasteiger partial charge is 0.0654 e. The van der Waals surface area contributed by atoms with Crippen LogP contribution in [0.5, 0.6) is 0 Å². The van der Waals surface area contributed by atoms with Crippen molar-refractivity contribution in [3.63, 3.8) is 0 Å². The lowest BCUT2D eigenvalue weighted by Gasteiger charge is -2.24. The van der Waals surface area contributed by atoms with Gasteiger partial charge in [0.2, 0.25) is 0 Å². The maximum Gasteiger partial charge on any atom is -0.0368 e. The summed E-state index contributed by atoms with van der Waals surface area (Å²) in [5, 5.41) is 0. The van der Waals surface area contributed by atoms with E-state index in [0.717, 1.165) is 17.8 Å². The van der Waals surface area contributed by atoms with Gasteiger partial charge in [0.15, 0.2) is 0 Å². The molecular weight excluding hydrogens is 192 g/mol. The van der Waals surface area contributed by atoms with Crippen molar-refractivity contribution in [2.45, 2.75) is 86.0 Å². The Kier molecular flexibility index (Phi) is 10.2. The Hall–Kier alpha value is 0. The van der Waals surface area contributed by atoms with Crippen molar-refractivity contribution in [2.75, 3.05) is 0 Å². The van der Waals surface area contributed by atoms with Gasteiger partial charge in [0, 0.05) is 0 Å². The van der Waals surface area contributed by atoms with Crippen LogP contribution in [0.3, 0.4) is 0 Å². The van der Waals surface area contributed by atoms with Crippen LogP contribution in [0.1, 0.15) is 86.0 Å². The molecule has 0 spiro atoms. The average Bonchev–Trinajstić information content (AvgIpc) is 2.21. The van der Waals surface area contributed by atoms with Gasteiger partial charge in [-0.1, -0.05) is 79.6 Å². The highest BCUT2D eigenvalue weighted by atomic mass is 14.2. The van der Waals surface area contributed by atoms with E-state index in [1.165, 1.54) is 51.4 Å². The molecule has 0 saturated carbocycles. The van der Waals surface area contributed by atoms with Crippen molar-refractivity contribution in [1.82, 2.24) is 0 Å². The second-order valence-corrected chi connectivity index (χ2v) is 6.06. The summed E-state index contributed by atoms with van der Waals surface area (Å²) in [7, 11) is 0. The fourth-order valence-electron chi connectivity index (χ4n) is 2.77. The van der Waals surface area contributed by atoms with Crippen LogP contribution in [0.2, 0.25) is 0 Å². The fraction of sp³-hybridized carbons (Fsp3) is 1.00. The number of unbranched alkanes of at least 4 members (excludes halogenated alkanes) is 6. The van der Waals surface area contributed by atoms with Gasteiger partial charge in [0.05, 0.1) is 0 Å². The van der Waals surface area contributed by atoms with E-state index in [-0.39, 0.29) is 0 Å². The van der Waals surface area contributed by atoms with Crippen molar-refractivity contribution in [3.05, 3.63) is 0 Å². The van der Waals surface area contributed by atoms with Gasteiger partial charge in [-0.05, 0) is 24.2 Å². The van der Waals surface area contributed by atoms with E-state index in [2.05, 4.69) is 34.6 Å². The van der Waals surface area contributed by atoms with Crippen LogP contribution in [0.15, 0.2) is 0 Å². The lowest BCUT2D eigenvalue weighted by atomic mass is 9.81. The van der Waals surface area contributed by atoms with E-state index in [1.54, 1.807) is 0 Å². The SMILES string of the molecule is CCCCCCCCCC(C(C)C)C(C)C. The van der Waals surface area contributed by atoms with E-state index < -0.39 is 0 Å². The van der Waals surface area contributed by atoms with Crippen LogP contribution in [-0.2, 0) is 0 Å². The van der Waals surface area contributed by atoms with Gasteiger partial charge in [0.1, 0.15) is 0 Å². The minimum absolute atomic E-state index is 0.861. The van der Waals surface area contributed by atoms with Crippen molar-refractivity contribution in [2.24, 2.45) is 17.8 Å². The molecule has 0 N–H and O–H groups in total. The number of hydrogen-bond donors (Lipinski definition) is 0. The van der Waals surface area contributed by atoms with Gasteiger partial charge in [-0.15, -0.1) is 0 Å². The zero-order valence-electron chi connectivity index (χ0n) is 12.4. The molecule has 0 saturated heterocycles. The molecule has 0 radical (unpaired) electrons. The molecule has 0 nitrogen and oxygen atoms in total. The summed E-state index contributed by atoms with van der Waals surface area (Å²) < 4.78 is 0. The first-order chi connectivity index (χ1) is 7.59.